The van der Waals surface area contributed by atoms with Crippen LogP contribution in [0.4, 0.5) is 0 Å². The van der Waals surface area contributed by atoms with Crippen molar-refractivity contribution < 1.29 is 57.0 Å². The van der Waals surface area contributed by atoms with Crippen LogP contribution in [0, 0.1) is 7.14 Å². The summed E-state index contributed by atoms with van der Waals surface area (Å²) in [5.41, 5.74) is 8.63. The summed E-state index contributed by atoms with van der Waals surface area (Å²) in [5.74, 6) is 1.47. The Labute approximate surface area is 426 Å². The van der Waals surface area contributed by atoms with E-state index in [0.29, 0.717) is 116 Å². The van der Waals surface area contributed by atoms with Gasteiger partial charge >= 0.3 is 11.9 Å². The van der Waals surface area contributed by atoms with Gasteiger partial charge in [-0.3, -0.25) is 0 Å². The van der Waals surface area contributed by atoms with Crippen molar-refractivity contribution in [2.24, 2.45) is 0 Å². The molecule has 15 heteroatoms. The maximum Gasteiger partial charge on any atom is 0.357 e. The Morgan fingerprint density at radius 1 is 0.441 bits per heavy atom. The largest absolute Gasteiger partial charge is 0.491 e. The highest BCUT2D eigenvalue weighted by Gasteiger charge is 2.26. The van der Waals surface area contributed by atoms with E-state index in [-0.39, 0.29) is 24.6 Å². The molecule has 1 aromatic heterocycles. The van der Waals surface area contributed by atoms with Gasteiger partial charge in [-0.15, -0.1) is 0 Å². The Morgan fingerprint density at radius 3 is 1.00 bits per heavy atom. The molecule has 0 saturated heterocycles. The first-order chi connectivity index (χ1) is 33.2. The number of esters is 2. The Bertz CT molecular complexity index is 2270. The summed E-state index contributed by atoms with van der Waals surface area (Å²) in [5, 5.41) is 0. The number of benzene rings is 4. The van der Waals surface area contributed by atoms with E-state index in [9.17, 15) is 9.59 Å². The number of rotatable bonds is 20. The highest BCUT2D eigenvalue weighted by atomic mass is 127. The smallest absolute Gasteiger partial charge is 0.357 e. The van der Waals surface area contributed by atoms with Crippen molar-refractivity contribution in [2.45, 2.75) is 66.6 Å². The van der Waals surface area contributed by atoms with Crippen LogP contribution in [0.15, 0.2) is 66.7 Å². The molecule has 0 saturated carbocycles. The van der Waals surface area contributed by atoms with Crippen molar-refractivity contribution in [1.82, 2.24) is 4.98 Å². The number of carbonyl (C=O) groups is 2. The van der Waals surface area contributed by atoms with Crippen molar-refractivity contribution in [3.8, 4) is 23.0 Å². The zero-order chi connectivity index (χ0) is 47.8. The molecule has 2 aliphatic heterocycles. The van der Waals surface area contributed by atoms with Gasteiger partial charge in [-0.2, -0.15) is 0 Å². The second-order valence-corrected chi connectivity index (χ2v) is 18.5. The maximum atomic E-state index is 13.7. The number of hydrogen-bond donors (Lipinski definition) is 0. The minimum Gasteiger partial charge on any atom is -0.491 e. The monoisotopic (exact) mass is 1160 g/mol. The Kier molecular flexibility index (Phi) is 19.5. The molecular formula is C53H59I2NO12. The van der Waals surface area contributed by atoms with Gasteiger partial charge in [0.15, 0.2) is 0 Å². The first-order valence-electron chi connectivity index (χ1n) is 23.2. The fourth-order valence-corrected chi connectivity index (χ4v) is 9.86. The molecule has 0 radical (unpaired) electrons. The molecule has 0 unspecified atom stereocenters. The van der Waals surface area contributed by atoms with Gasteiger partial charge in [0.05, 0.1) is 26.4 Å². The second-order valence-electron chi connectivity index (χ2n) is 16.0. The second kappa shape index (κ2) is 25.9. The number of carbonyl (C=O) groups excluding carboxylic acids is 2. The maximum absolute atomic E-state index is 13.7. The van der Waals surface area contributed by atoms with Crippen LogP contribution in [0.3, 0.4) is 0 Å². The van der Waals surface area contributed by atoms with Crippen molar-refractivity contribution in [2.75, 3.05) is 79.3 Å². The molecule has 0 amide bonds. The zero-order valence-electron chi connectivity index (χ0n) is 39.2. The quantitative estimate of drug-likeness (QED) is 0.0408. The molecule has 4 aromatic carbocycles. The minimum atomic E-state index is -0.683. The van der Waals surface area contributed by atoms with Crippen LogP contribution >= 0.6 is 45.2 Å². The van der Waals surface area contributed by atoms with Crippen LogP contribution in [0.25, 0.3) is 0 Å². The first-order valence-corrected chi connectivity index (χ1v) is 25.4. The van der Waals surface area contributed by atoms with E-state index in [2.05, 4.69) is 74.4 Å². The number of halogens is 2. The molecule has 12 bridgehead atoms. The van der Waals surface area contributed by atoms with E-state index >= 15 is 0 Å². The third-order valence-electron chi connectivity index (χ3n) is 11.2. The summed E-state index contributed by atoms with van der Waals surface area (Å²) < 4.78 is 64.2. The third kappa shape index (κ3) is 13.8. The van der Waals surface area contributed by atoms with Crippen LogP contribution in [0.5, 0.6) is 23.0 Å². The van der Waals surface area contributed by atoms with E-state index in [4.69, 9.17) is 47.4 Å². The predicted molar refractivity (Wildman–Crippen MR) is 273 cm³/mol. The lowest BCUT2D eigenvalue weighted by Crippen LogP contribution is -2.16. The molecule has 3 heterocycles. The van der Waals surface area contributed by atoms with Crippen LogP contribution in [-0.2, 0) is 67.3 Å². The average molecular weight is 1160 g/mol. The molecule has 0 fully saturated rings. The van der Waals surface area contributed by atoms with Gasteiger partial charge in [0.1, 0.15) is 74.0 Å². The van der Waals surface area contributed by atoms with Crippen molar-refractivity contribution in [3.63, 3.8) is 0 Å². The van der Waals surface area contributed by atoms with Gasteiger partial charge in [-0.05, 0) is 189 Å². The van der Waals surface area contributed by atoms with Gasteiger partial charge in [-0.25, -0.2) is 14.6 Å². The highest BCUT2D eigenvalue weighted by molar-refractivity contribution is 14.1. The van der Waals surface area contributed by atoms with E-state index in [0.717, 1.165) is 74.3 Å². The zero-order valence-corrected chi connectivity index (χ0v) is 43.5. The number of hydrogen-bond acceptors (Lipinski definition) is 13. The standard InChI is InChI=1S/C53H59I2NO12/c1-5-59-12-16-63-48-36-20-34-21-37(48)25-41-29-45(55)31-43(51(41)66-19-15-62-8-4)27-39-23-35(33-68-53(58)47-11-9-10-46(56-47)52(57)67-32-34)22-38(49(39)64-17-13-60-6-2)26-42-30-44(54)28-40(24-36)50(42)65-18-14-61-7-3/h9-11,20-23,28-31H,5-8,12-19,24-27,32-33H2,1-4H3. The molecule has 0 spiro atoms. The number of ether oxygens (including phenoxy) is 10. The molecule has 3 aliphatic rings. The Balaban J connectivity index is 1.54. The lowest BCUT2D eigenvalue weighted by Gasteiger charge is -2.24. The number of aromatic nitrogens is 1. The fourth-order valence-electron chi connectivity index (χ4n) is 8.35. The molecule has 13 nitrogen and oxygen atoms in total. The van der Waals surface area contributed by atoms with Crippen molar-refractivity contribution in [3.05, 3.63) is 141 Å². The van der Waals surface area contributed by atoms with Crippen LogP contribution in [-0.4, -0.2) is 96.2 Å². The van der Waals surface area contributed by atoms with Gasteiger partial charge < -0.3 is 47.4 Å². The lowest BCUT2D eigenvalue weighted by molar-refractivity contribution is 0.0456. The summed E-state index contributed by atoms with van der Waals surface area (Å²) in [7, 11) is 0. The van der Waals surface area contributed by atoms with Crippen molar-refractivity contribution in [1.29, 1.82) is 0 Å². The van der Waals surface area contributed by atoms with E-state index in [1.54, 1.807) is 6.07 Å². The molecular weight excluding hydrogens is 1100 g/mol. The predicted octanol–water partition coefficient (Wildman–Crippen LogP) is 9.66. The van der Waals surface area contributed by atoms with Crippen molar-refractivity contribution >= 4 is 57.1 Å². The normalized spacial score (nSPS) is 13.4. The summed E-state index contributed by atoms with van der Waals surface area (Å²) in [6.07, 6.45) is 1.63. The number of nitrogens with zero attached hydrogens (tertiary/aromatic N) is 1. The molecule has 1 aliphatic carbocycles. The SMILES string of the molecule is CCOCCOc1c2cc(I)cc1Cc1cc3cc(c1OCCOCC)Cc1cc(I)cc(c1OCCOCC)Cc1cc(cc(c1OCCOCC)C2)COC(=O)c1cccc(n1)C(=O)OC3. The molecule has 0 atom stereocenters. The minimum absolute atomic E-state index is 0.0156. The first kappa shape index (κ1) is 51.3. The van der Waals surface area contributed by atoms with Crippen LogP contribution in [0.2, 0.25) is 0 Å². The van der Waals surface area contributed by atoms with E-state index in [1.807, 2.05) is 52.0 Å². The topological polar surface area (TPSA) is 139 Å². The third-order valence-corrected chi connectivity index (χ3v) is 12.4. The number of fused-ring (bicyclic) bond motifs is 4. The van der Waals surface area contributed by atoms with Gasteiger partial charge in [0.25, 0.3) is 0 Å². The van der Waals surface area contributed by atoms with Gasteiger partial charge in [0, 0.05) is 59.3 Å². The van der Waals surface area contributed by atoms with Crippen LogP contribution < -0.4 is 18.9 Å². The Hall–Kier alpha value is -4.53. The van der Waals surface area contributed by atoms with Crippen LogP contribution in [0.1, 0.15) is 104 Å². The molecule has 362 valence electrons. The van der Waals surface area contributed by atoms with Gasteiger partial charge in [-0.1, -0.05) is 6.07 Å². The summed E-state index contributed by atoms with van der Waals surface area (Å²) in [6.45, 7) is 12.7. The summed E-state index contributed by atoms with van der Waals surface area (Å²) >= 11 is 4.74. The highest BCUT2D eigenvalue weighted by Crippen LogP contribution is 2.41. The summed E-state index contributed by atoms with van der Waals surface area (Å²) in [4.78, 5) is 31.8. The average Bonchev–Trinajstić information content (AvgIpc) is 3.32. The molecule has 0 N–H and O–H groups in total. The van der Waals surface area contributed by atoms with Gasteiger partial charge in [0.2, 0.25) is 0 Å². The summed E-state index contributed by atoms with van der Waals surface area (Å²) in [6, 6.07) is 21.3. The van der Waals surface area contributed by atoms with E-state index < -0.39 is 11.9 Å². The Morgan fingerprint density at radius 2 is 0.721 bits per heavy atom. The van der Waals surface area contributed by atoms with E-state index in [1.165, 1.54) is 12.1 Å². The molecule has 68 heavy (non-hydrogen) atoms. The molecule has 5 aromatic rings. The number of pyridine rings is 1. The fraction of sp³-hybridized carbons (Fsp3) is 0.415. The molecule has 8 rings (SSSR count). The lowest BCUT2D eigenvalue weighted by atomic mass is 9.89.